The number of nitrogens with one attached hydrogen (secondary N) is 2. The Bertz CT molecular complexity index is 765. The summed E-state index contributed by atoms with van der Waals surface area (Å²) in [6.07, 6.45) is 5.93. The highest BCUT2D eigenvalue weighted by atomic mass is 32.2. The second-order valence-corrected chi connectivity index (χ2v) is 10.2. The van der Waals surface area contributed by atoms with Gasteiger partial charge in [0.25, 0.3) is 5.91 Å². The Balaban J connectivity index is 1.67. The van der Waals surface area contributed by atoms with Crippen molar-refractivity contribution >= 4 is 15.9 Å². The third-order valence-electron chi connectivity index (χ3n) is 6.14. The summed E-state index contributed by atoms with van der Waals surface area (Å²) >= 11 is 0. The first-order valence-electron chi connectivity index (χ1n) is 10.1. The molecule has 1 heterocycles. The van der Waals surface area contributed by atoms with Crippen LogP contribution < -0.4 is 10.2 Å². The molecule has 0 atom stereocenters. The molecule has 8 heteroatoms. The first-order valence-corrected chi connectivity index (χ1v) is 11.5. The molecule has 1 amide bonds. The molecule has 1 aliphatic carbocycles. The Kier molecular flexibility index (Phi) is 6.75. The molecule has 1 saturated carbocycles. The van der Waals surface area contributed by atoms with E-state index in [1.807, 2.05) is 0 Å². The number of quaternary nitrogens is 1. The van der Waals surface area contributed by atoms with Crippen LogP contribution in [0.15, 0.2) is 29.2 Å². The minimum atomic E-state index is -3.49. The van der Waals surface area contributed by atoms with Crippen molar-refractivity contribution in [3.05, 3.63) is 29.8 Å². The number of sulfonamides is 1. The predicted octanol–water partition coefficient (Wildman–Crippen LogP) is 0.285. The maximum atomic E-state index is 12.7. The van der Waals surface area contributed by atoms with Gasteiger partial charge in [0.05, 0.1) is 24.7 Å². The summed E-state index contributed by atoms with van der Waals surface area (Å²) in [7, 11) is -0.499. The summed E-state index contributed by atoms with van der Waals surface area (Å²) in [4.78, 5) is 14.4. The zero-order valence-electron chi connectivity index (χ0n) is 16.9. The van der Waals surface area contributed by atoms with E-state index in [0.29, 0.717) is 12.1 Å². The molecule has 2 fully saturated rings. The number of ether oxygens (including phenoxy) is 1. The molecule has 3 rings (SSSR count). The Morgan fingerprint density at radius 1 is 1.11 bits per heavy atom. The fraction of sp³-hybridized carbons (Fsp3) is 0.650. The van der Waals surface area contributed by atoms with E-state index in [4.69, 9.17) is 4.74 Å². The number of carbonyl (C=O) groups excluding carboxylic acids is 1. The van der Waals surface area contributed by atoms with Crippen LogP contribution in [0.1, 0.15) is 42.5 Å². The fourth-order valence-corrected chi connectivity index (χ4v) is 5.27. The van der Waals surface area contributed by atoms with E-state index in [1.165, 1.54) is 49.8 Å². The second kappa shape index (κ2) is 8.90. The Hall–Kier alpha value is -1.48. The number of morpholine rings is 1. The van der Waals surface area contributed by atoms with Gasteiger partial charge in [-0.1, -0.05) is 6.42 Å². The van der Waals surface area contributed by atoms with E-state index >= 15 is 0 Å². The first-order chi connectivity index (χ1) is 13.3. The van der Waals surface area contributed by atoms with Gasteiger partial charge in [-0.2, -0.15) is 0 Å². The largest absolute Gasteiger partial charge is 0.370 e. The lowest BCUT2D eigenvalue weighted by molar-refractivity contribution is -0.960. The van der Waals surface area contributed by atoms with Crippen molar-refractivity contribution in [3.63, 3.8) is 0 Å². The minimum Gasteiger partial charge on any atom is -0.370 e. The van der Waals surface area contributed by atoms with Gasteiger partial charge in [-0.15, -0.1) is 0 Å². The van der Waals surface area contributed by atoms with Crippen LogP contribution in [0.5, 0.6) is 0 Å². The summed E-state index contributed by atoms with van der Waals surface area (Å²) in [6.45, 7) is 4.21. The average molecular weight is 411 g/mol. The van der Waals surface area contributed by atoms with E-state index in [1.54, 1.807) is 17.0 Å². The van der Waals surface area contributed by atoms with E-state index in [9.17, 15) is 13.2 Å². The highest BCUT2D eigenvalue weighted by Gasteiger charge is 2.42. The van der Waals surface area contributed by atoms with E-state index < -0.39 is 10.0 Å². The molecule has 1 saturated heterocycles. The lowest BCUT2D eigenvalue weighted by atomic mass is 9.79. The van der Waals surface area contributed by atoms with Crippen LogP contribution in [0, 0.1) is 0 Å². The quantitative estimate of drug-likeness (QED) is 0.706. The van der Waals surface area contributed by atoms with Crippen LogP contribution in [0.3, 0.4) is 0 Å². The van der Waals surface area contributed by atoms with Gasteiger partial charge in [0.15, 0.2) is 0 Å². The summed E-state index contributed by atoms with van der Waals surface area (Å²) in [5.41, 5.74) is 0.576. The zero-order chi connectivity index (χ0) is 20.2. The van der Waals surface area contributed by atoms with Crippen LogP contribution in [0.2, 0.25) is 0 Å². The number of nitrogens with zero attached hydrogens (tertiary/aromatic N) is 1. The van der Waals surface area contributed by atoms with Crippen LogP contribution in [-0.2, 0) is 14.8 Å². The Labute approximate surface area is 168 Å². The lowest BCUT2D eigenvalue weighted by Gasteiger charge is -2.45. The highest BCUT2D eigenvalue weighted by Crippen LogP contribution is 2.25. The van der Waals surface area contributed by atoms with Gasteiger partial charge in [0.1, 0.15) is 18.6 Å². The summed E-state index contributed by atoms with van der Waals surface area (Å²) < 4.78 is 31.0. The van der Waals surface area contributed by atoms with Crippen molar-refractivity contribution in [3.8, 4) is 0 Å². The molecule has 2 aliphatic rings. The summed E-state index contributed by atoms with van der Waals surface area (Å²) in [5, 5.41) is 3.13. The van der Waals surface area contributed by atoms with Gasteiger partial charge in [0.2, 0.25) is 10.0 Å². The second-order valence-electron chi connectivity index (χ2n) is 8.05. The maximum Gasteiger partial charge on any atom is 0.251 e. The minimum absolute atomic E-state index is 0.0892. The number of hydrogen-bond donors (Lipinski definition) is 2. The number of rotatable bonds is 6. The normalized spacial score (nSPS) is 20.8. The predicted molar refractivity (Wildman–Crippen MR) is 107 cm³/mol. The van der Waals surface area contributed by atoms with Crippen molar-refractivity contribution in [2.45, 2.75) is 42.5 Å². The first kappa shape index (κ1) is 21.2. The van der Waals surface area contributed by atoms with Crippen LogP contribution in [0.25, 0.3) is 0 Å². The molecule has 0 radical (unpaired) electrons. The van der Waals surface area contributed by atoms with Crippen LogP contribution in [0.4, 0.5) is 0 Å². The van der Waals surface area contributed by atoms with Crippen molar-refractivity contribution < 1.29 is 22.8 Å². The topological polar surface area (TPSA) is 80.2 Å². The van der Waals surface area contributed by atoms with Gasteiger partial charge >= 0.3 is 0 Å². The molecule has 0 aromatic heterocycles. The molecule has 156 valence electrons. The third kappa shape index (κ3) is 4.56. The van der Waals surface area contributed by atoms with Gasteiger partial charge in [-0.3, -0.25) is 4.79 Å². The molecule has 1 aliphatic heterocycles. The van der Waals surface area contributed by atoms with Crippen molar-refractivity contribution in [2.75, 3.05) is 46.9 Å². The molecule has 2 N–H and O–H groups in total. The molecule has 0 spiro atoms. The maximum absolute atomic E-state index is 12.7. The van der Waals surface area contributed by atoms with Crippen LogP contribution >= 0.6 is 0 Å². The number of amides is 1. The zero-order valence-corrected chi connectivity index (χ0v) is 17.7. The molecule has 0 unspecified atom stereocenters. The molecule has 1 aromatic rings. The van der Waals surface area contributed by atoms with Gasteiger partial charge < -0.3 is 15.0 Å². The average Bonchev–Trinajstić information content (AvgIpc) is 2.73. The van der Waals surface area contributed by atoms with Crippen molar-refractivity contribution in [2.24, 2.45) is 0 Å². The third-order valence-corrected chi connectivity index (χ3v) is 7.97. The van der Waals surface area contributed by atoms with Crippen LogP contribution in [-0.4, -0.2) is 71.1 Å². The van der Waals surface area contributed by atoms with E-state index in [-0.39, 0.29) is 16.3 Å². The van der Waals surface area contributed by atoms with Crippen molar-refractivity contribution in [1.82, 2.24) is 9.62 Å². The van der Waals surface area contributed by atoms with Gasteiger partial charge in [-0.25, -0.2) is 12.7 Å². The number of hydrogen-bond acceptors (Lipinski definition) is 4. The summed E-state index contributed by atoms with van der Waals surface area (Å²) in [5.74, 6) is -0.147. The molecule has 7 nitrogen and oxygen atoms in total. The Morgan fingerprint density at radius 3 is 2.29 bits per heavy atom. The Morgan fingerprint density at radius 2 is 1.71 bits per heavy atom. The van der Waals surface area contributed by atoms with Gasteiger partial charge in [0, 0.05) is 32.5 Å². The highest BCUT2D eigenvalue weighted by molar-refractivity contribution is 7.89. The van der Waals surface area contributed by atoms with Gasteiger partial charge in [-0.05, 0) is 37.1 Å². The molecule has 28 heavy (non-hydrogen) atoms. The number of benzene rings is 1. The SMILES string of the molecule is CN(C)S(=O)(=O)c1ccc(C(=O)NCC2([NH+]3CCOCC3)CCCCC2)cc1. The van der Waals surface area contributed by atoms with E-state index in [2.05, 4.69) is 5.32 Å². The molecule has 0 bridgehead atoms. The monoisotopic (exact) mass is 410 g/mol. The molecular weight excluding hydrogens is 378 g/mol. The molecular formula is C20H32N3O4S+. The fourth-order valence-electron chi connectivity index (χ4n) is 4.37. The molecule has 1 aromatic carbocycles. The summed E-state index contributed by atoms with van der Waals surface area (Å²) in [6, 6.07) is 6.16. The lowest BCUT2D eigenvalue weighted by Crippen LogP contribution is -3.23. The van der Waals surface area contributed by atoms with E-state index in [0.717, 1.165) is 39.1 Å². The smallest absolute Gasteiger partial charge is 0.251 e. The van der Waals surface area contributed by atoms with Crippen molar-refractivity contribution in [1.29, 1.82) is 0 Å². The number of carbonyl (C=O) groups is 1. The standard InChI is InChI=1S/C20H31N3O4S/c1-22(2)28(25,26)18-8-6-17(7-9-18)19(24)21-16-20(10-4-3-5-11-20)23-12-14-27-15-13-23/h6-9H,3-5,10-16H2,1-2H3,(H,21,24)/p+1.